The minimum absolute atomic E-state index is 0.0907. The van der Waals surface area contributed by atoms with Gasteiger partial charge in [-0.2, -0.15) is 0 Å². The predicted molar refractivity (Wildman–Crippen MR) is 82.8 cm³/mol. The normalized spacial score (nSPS) is 13.9. The third-order valence-corrected chi connectivity index (χ3v) is 4.28. The van der Waals surface area contributed by atoms with E-state index >= 15 is 0 Å². The Kier molecular flexibility index (Phi) is 6.45. The summed E-state index contributed by atoms with van der Waals surface area (Å²) >= 11 is 5.90. The monoisotopic (exact) mass is 319 g/mol. The van der Waals surface area contributed by atoms with Gasteiger partial charge in [0.15, 0.2) is 0 Å². The van der Waals surface area contributed by atoms with Crippen LogP contribution in [0, 0.1) is 0 Å². The van der Waals surface area contributed by atoms with Gasteiger partial charge in [-0.1, -0.05) is 23.7 Å². The van der Waals surface area contributed by atoms with Crippen LogP contribution in [0.3, 0.4) is 0 Å². The van der Waals surface area contributed by atoms with Crippen LogP contribution in [0.25, 0.3) is 0 Å². The van der Waals surface area contributed by atoms with Gasteiger partial charge in [-0.25, -0.2) is 8.42 Å². The first-order chi connectivity index (χ1) is 9.19. The zero-order chi connectivity index (χ0) is 15.3. The molecule has 0 saturated carbocycles. The number of rotatable bonds is 7. The van der Waals surface area contributed by atoms with E-state index < -0.39 is 15.9 Å². The Morgan fingerprint density at radius 2 is 2.00 bits per heavy atom. The van der Waals surface area contributed by atoms with Gasteiger partial charge in [-0.3, -0.25) is 4.90 Å². The van der Waals surface area contributed by atoms with E-state index in [0.717, 1.165) is 5.56 Å². The van der Waals surface area contributed by atoms with Crippen LogP contribution in [0.15, 0.2) is 24.3 Å². The van der Waals surface area contributed by atoms with Gasteiger partial charge in [0, 0.05) is 30.4 Å². The van der Waals surface area contributed by atoms with Crippen molar-refractivity contribution in [1.29, 1.82) is 0 Å². The Morgan fingerprint density at radius 1 is 1.35 bits per heavy atom. The molecule has 0 aromatic heterocycles. The number of hydrogen-bond donors (Lipinski definition) is 1. The van der Waals surface area contributed by atoms with E-state index in [0.29, 0.717) is 18.1 Å². The number of benzene rings is 1. The second-order valence-electron chi connectivity index (χ2n) is 5.29. The van der Waals surface area contributed by atoms with Gasteiger partial charge in [-0.05, 0) is 31.5 Å². The summed E-state index contributed by atoms with van der Waals surface area (Å²) in [6.07, 6.45) is 0.537. The summed E-state index contributed by atoms with van der Waals surface area (Å²) < 4.78 is 22.5. The van der Waals surface area contributed by atoms with Crippen LogP contribution >= 0.6 is 11.6 Å². The summed E-state index contributed by atoms with van der Waals surface area (Å²) in [6.45, 7) is 4.75. The lowest BCUT2D eigenvalue weighted by Crippen LogP contribution is -2.38. The van der Waals surface area contributed by atoms with Crippen molar-refractivity contribution in [1.82, 2.24) is 4.90 Å². The van der Waals surface area contributed by atoms with Crippen LogP contribution in [-0.2, 0) is 9.84 Å². The molecule has 0 aliphatic heterocycles. The van der Waals surface area contributed by atoms with E-state index in [2.05, 4.69) is 0 Å². The van der Waals surface area contributed by atoms with Gasteiger partial charge in [-0.15, -0.1) is 0 Å². The second-order valence-corrected chi connectivity index (χ2v) is 7.99. The van der Waals surface area contributed by atoms with Crippen molar-refractivity contribution in [3.63, 3.8) is 0 Å². The molecule has 4 nitrogen and oxygen atoms in total. The molecule has 1 aromatic rings. The molecule has 6 heteroatoms. The third-order valence-electron chi connectivity index (χ3n) is 3.12. The summed E-state index contributed by atoms with van der Waals surface area (Å²) in [5.41, 5.74) is 0.738. The highest BCUT2D eigenvalue weighted by Gasteiger charge is 2.18. The largest absolute Gasteiger partial charge is 0.387 e. The maximum Gasteiger partial charge on any atom is 0.148 e. The Bertz CT molecular complexity index is 531. The molecule has 0 spiro atoms. The third kappa shape index (κ3) is 6.22. The van der Waals surface area contributed by atoms with Gasteiger partial charge in [0.25, 0.3) is 0 Å². The van der Waals surface area contributed by atoms with E-state index in [-0.39, 0.29) is 11.8 Å². The maximum absolute atomic E-state index is 11.3. The second kappa shape index (κ2) is 7.41. The smallest absolute Gasteiger partial charge is 0.148 e. The van der Waals surface area contributed by atoms with Crippen LogP contribution in [0.5, 0.6) is 0 Å². The Hall–Kier alpha value is -0.620. The molecule has 0 saturated heterocycles. The first-order valence-electron chi connectivity index (χ1n) is 6.54. The molecule has 20 heavy (non-hydrogen) atoms. The topological polar surface area (TPSA) is 57.6 Å². The molecule has 1 N–H and O–H groups in total. The van der Waals surface area contributed by atoms with E-state index in [1.165, 1.54) is 6.26 Å². The Morgan fingerprint density at radius 3 is 2.50 bits per heavy atom. The summed E-state index contributed by atoms with van der Waals surface area (Å²) in [5.74, 6) is 0.0907. The number of nitrogens with zero attached hydrogens (tertiary/aromatic N) is 1. The van der Waals surface area contributed by atoms with Crippen LogP contribution in [0.1, 0.15) is 25.5 Å². The number of sulfone groups is 1. The number of hydrogen-bond acceptors (Lipinski definition) is 4. The quantitative estimate of drug-likeness (QED) is 0.836. The van der Waals surface area contributed by atoms with E-state index in [4.69, 9.17) is 11.6 Å². The molecule has 0 aliphatic rings. The fourth-order valence-electron chi connectivity index (χ4n) is 1.88. The van der Waals surface area contributed by atoms with Gasteiger partial charge in [0.05, 0.1) is 11.9 Å². The van der Waals surface area contributed by atoms with E-state index in [1.54, 1.807) is 18.2 Å². The standard InChI is InChI=1S/C14H22ClNO3S/c1-11(2)16(7-8-20(3,18)19)10-14(17)12-5-4-6-13(15)9-12/h4-6,9,11,14,17H,7-8,10H2,1-3H3. The highest BCUT2D eigenvalue weighted by Crippen LogP contribution is 2.19. The van der Waals surface area contributed by atoms with Gasteiger partial charge in [0.1, 0.15) is 9.84 Å². The van der Waals surface area contributed by atoms with Crippen LogP contribution < -0.4 is 0 Å². The van der Waals surface area contributed by atoms with Crippen molar-refractivity contribution in [2.24, 2.45) is 0 Å². The number of aliphatic hydroxyl groups is 1. The summed E-state index contributed by atoms with van der Waals surface area (Å²) in [6, 6.07) is 7.23. The maximum atomic E-state index is 11.3. The van der Waals surface area contributed by atoms with Gasteiger partial charge >= 0.3 is 0 Å². The van der Waals surface area contributed by atoms with E-state index in [9.17, 15) is 13.5 Å². The SMILES string of the molecule is CC(C)N(CCS(C)(=O)=O)CC(O)c1cccc(Cl)c1. The van der Waals surface area contributed by atoms with Crippen LogP contribution in [0.2, 0.25) is 5.02 Å². The minimum Gasteiger partial charge on any atom is -0.387 e. The molecule has 0 aliphatic carbocycles. The lowest BCUT2D eigenvalue weighted by Gasteiger charge is -2.28. The molecule has 1 aromatic carbocycles. The van der Waals surface area contributed by atoms with Crippen molar-refractivity contribution in [2.75, 3.05) is 25.1 Å². The van der Waals surface area contributed by atoms with Crippen molar-refractivity contribution in [2.45, 2.75) is 26.0 Å². The highest BCUT2D eigenvalue weighted by molar-refractivity contribution is 7.90. The van der Waals surface area contributed by atoms with Crippen molar-refractivity contribution in [3.8, 4) is 0 Å². The fourth-order valence-corrected chi connectivity index (χ4v) is 2.65. The molecule has 0 radical (unpaired) electrons. The fraction of sp³-hybridized carbons (Fsp3) is 0.571. The molecule has 1 unspecified atom stereocenters. The lowest BCUT2D eigenvalue weighted by atomic mass is 10.1. The van der Waals surface area contributed by atoms with Crippen molar-refractivity contribution < 1.29 is 13.5 Å². The minimum atomic E-state index is -3.00. The molecule has 0 amide bonds. The lowest BCUT2D eigenvalue weighted by molar-refractivity contribution is 0.0996. The summed E-state index contributed by atoms with van der Waals surface area (Å²) in [5, 5.41) is 10.8. The van der Waals surface area contributed by atoms with Crippen LogP contribution in [0.4, 0.5) is 0 Å². The highest BCUT2D eigenvalue weighted by atomic mass is 35.5. The van der Waals surface area contributed by atoms with Crippen LogP contribution in [-0.4, -0.2) is 49.6 Å². The average molecular weight is 320 g/mol. The number of halogens is 1. The molecule has 1 atom stereocenters. The molecule has 1 rings (SSSR count). The van der Waals surface area contributed by atoms with Crippen molar-refractivity contribution >= 4 is 21.4 Å². The Labute approximate surface area is 126 Å². The zero-order valence-electron chi connectivity index (χ0n) is 12.1. The van der Waals surface area contributed by atoms with Crippen molar-refractivity contribution in [3.05, 3.63) is 34.9 Å². The van der Waals surface area contributed by atoms with Gasteiger partial charge in [0.2, 0.25) is 0 Å². The molecular weight excluding hydrogens is 298 g/mol. The molecule has 0 bridgehead atoms. The number of aliphatic hydroxyl groups excluding tert-OH is 1. The summed E-state index contributed by atoms with van der Waals surface area (Å²) in [4.78, 5) is 1.95. The summed E-state index contributed by atoms with van der Waals surface area (Å²) in [7, 11) is -3.00. The molecular formula is C14H22ClNO3S. The molecule has 114 valence electrons. The van der Waals surface area contributed by atoms with E-state index in [1.807, 2.05) is 24.8 Å². The average Bonchev–Trinajstić information content (AvgIpc) is 2.32. The first-order valence-corrected chi connectivity index (χ1v) is 8.98. The molecule has 0 heterocycles. The van der Waals surface area contributed by atoms with Gasteiger partial charge < -0.3 is 5.11 Å². The first kappa shape index (κ1) is 17.4. The molecule has 0 fully saturated rings. The predicted octanol–water partition coefficient (Wildman–Crippen LogP) is 2.13. The Balaban J connectivity index is 2.70. The zero-order valence-corrected chi connectivity index (χ0v) is 13.7.